The topological polar surface area (TPSA) is 47.5 Å². The molecule has 0 spiro atoms. The van der Waals surface area contributed by atoms with Crippen LogP contribution < -0.4 is 0 Å². The quantitative estimate of drug-likeness (QED) is 0.148. The molecule has 0 saturated carbocycles. The zero-order valence-corrected chi connectivity index (χ0v) is 21.6. The minimum Gasteiger partial charge on any atom is -0.855 e. The first-order valence-electron chi connectivity index (χ1n) is 16.5. The van der Waals surface area contributed by atoms with E-state index in [-0.39, 0.29) is 42.6 Å². The average molecular weight is 668 g/mol. The third-order valence-electron chi connectivity index (χ3n) is 4.32. The molecule has 5 heteroatoms. The van der Waals surface area contributed by atoms with Crippen LogP contribution in [0.2, 0.25) is 0 Å². The molecule has 1 aliphatic rings. The number of nitrogens with zero attached hydrogens (tertiary/aromatic N) is 3. The minimum atomic E-state index is -2.66. The Labute approximate surface area is 244 Å². The van der Waals surface area contributed by atoms with Crippen LogP contribution in [0, 0.1) is 19.0 Å². The molecule has 1 aromatic carbocycles. The molecule has 0 N–H and O–H groups in total. The van der Waals surface area contributed by atoms with Gasteiger partial charge in [0, 0.05) is 28.3 Å². The van der Waals surface area contributed by atoms with Crippen molar-refractivity contribution in [2.75, 3.05) is 0 Å². The maximum absolute atomic E-state index is 10.6. The Kier molecular flexibility index (Phi) is 5.49. The summed E-state index contributed by atoms with van der Waals surface area (Å²) in [4.78, 5) is 8.56. The van der Waals surface area contributed by atoms with Gasteiger partial charge >= 0.3 is 20.1 Å². The van der Waals surface area contributed by atoms with Gasteiger partial charge in [-0.15, -0.1) is 54.6 Å². The number of fused-ring (bicyclic) bond motifs is 3. The van der Waals surface area contributed by atoms with Crippen molar-refractivity contribution in [1.82, 2.24) is 4.98 Å². The van der Waals surface area contributed by atoms with Crippen molar-refractivity contribution in [3.05, 3.63) is 120 Å². The number of aromatic nitrogens is 1. The van der Waals surface area contributed by atoms with E-state index in [9.17, 15) is 5.41 Å². The van der Waals surface area contributed by atoms with Gasteiger partial charge in [-0.3, -0.25) is 0 Å². The standard InChI is InChI=1S/C18H14N2S.C12H14N.Ir/c1-11(2)7-10-16(19)15-6-4-5-13-14-9-8-12(3)20-18(14)21-17(13)15;1-4-5-6-11(3)12-8-7-10(2)9-13-12;/h4-5,7-10H,1H2,2-3H3;4-5,9H,1,3,7-8H2,2H3;/q-2;-1;+3/b10-7-;;/i2D3,3D3,7D,10D;2D3,7D,8D;. The number of hydrogen-bond donors (Lipinski definition) is 0. The van der Waals surface area contributed by atoms with E-state index in [1.807, 2.05) is 0 Å². The van der Waals surface area contributed by atoms with Crippen LogP contribution >= 0.6 is 11.3 Å². The van der Waals surface area contributed by atoms with Crippen molar-refractivity contribution < 1.29 is 37.9 Å². The van der Waals surface area contributed by atoms with E-state index in [0.717, 1.165) is 17.5 Å². The van der Waals surface area contributed by atoms with E-state index in [1.54, 1.807) is 12.1 Å². The second-order valence-corrected chi connectivity index (χ2v) is 7.78. The van der Waals surface area contributed by atoms with Gasteiger partial charge in [-0.2, -0.15) is 23.5 Å². The van der Waals surface area contributed by atoms with Crippen LogP contribution in [-0.4, -0.2) is 16.4 Å². The van der Waals surface area contributed by atoms with E-state index in [4.69, 9.17) is 17.8 Å². The normalized spacial score (nSPS) is 24.4. The number of benzene rings is 1. The maximum Gasteiger partial charge on any atom is 3.00 e. The fraction of sp³-hybridized carbons (Fsp3) is 0.167. The van der Waals surface area contributed by atoms with Gasteiger partial charge in [0.15, 0.2) is 0 Å². The molecule has 2 aromatic heterocycles. The van der Waals surface area contributed by atoms with Gasteiger partial charge in [-0.25, -0.2) is 10.7 Å². The van der Waals surface area contributed by atoms with Gasteiger partial charge < -0.3 is 10.4 Å². The van der Waals surface area contributed by atoms with Gasteiger partial charge in [0.2, 0.25) is 0 Å². The first-order valence-corrected chi connectivity index (χ1v) is 10.6. The van der Waals surface area contributed by atoms with E-state index < -0.39 is 56.7 Å². The van der Waals surface area contributed by atoms with Gasteiger partial charge in [-0.1, -0.05) is 35.2 Å². The summed E-state index contributed by atoms with van der Waals surface area (Å²) in [5.74, 6) is 0. The van der Waals surface area contributed by atoms with Crippen molar-refractivity contribution >= 4 is 43.1 Å². The van der Waals surface area contributed by atoms with Crippen LogP contribution in [0.15, 0.2) is 96.2 Å². The predicted octanol–water partition coefficient (Wildman–Crippen LogP) is 8.27. The fourth-order valence-electron chi connectivity index (χ4n) is 2.80. The fourth-order valence-corrected chi connectivity index (χ4v) is 3.97. The first kappa shape index (κ1) is 14.5. The number of allylic oxidation sites excluding steroid dienone is 8. The van der Waals surface area contributed by atoms with E-state index >= 15 is 0 Å². The molecule has 1 aliphatic heterocycles. The molecule has 0 amide bonds. The molecule has 3 heterocycles. The number of aliphatic imine (C=N–C) groups is 1. The summed E-state index contributed by atoms with van der Waals surface area (Å²) in [7, 11) is 0. The third-order valence-corrected chi connectivity index (χ3v) is 5.45. The Morgan fingerprint density at radius 2 is 2.11 bits per heavy atom. The third kappa shape index (κ3) is 7.50. The Morgan fingerprint density at radius 3 is 2.86 bits per heavy atom. The average Bonchev–Trinajstić information content (AvgIpc) is 3.36. The van der Waals surface area contributed by atoms with E-state index in [0.29, 0.717) is 25.9 Å². The summed E-state index contributed by atoms with van der Waals surface area (Å²) in [6.45, 7) is 3.10. The molecule has 178 valence electrons. The van der Waals surface area contributed by atoms with E-state index in [2.05, 4.69) is 41.9 Å². The smallest absolute Gasteiger partial charge is 0.855 e. The number of hydrogen-bond acceptors (Lipinski definition) is 3. The molecular weight excluding hydrogens is 627 g/mol. The van der Waals surface area contributed by atoms with E-state index in [1.165, 1.54) is 24.3 Å². The maximum atomic E-state index is 10.6. The van der Waals surface area contributed by atoms with Crippen LogP contribution in [0.1, 0.15) is 55.6 Å². The Bertz CT molecular complexity index is 1880. The zero-order chi connectivity index (χ0) is 35.6. The monoisotopic (exact) mass is 668 g/mol. The van der Waals surface area contributed by atoms with Gasteiger partial charge in [-0.05, 0) is 55.2 Å². The molecule has 0 fully saturated rings. The predicted molar refractivity (Wildman–Crippen MR) is 150 cm³/mol. The van der Waals surface area contributed by atoms with Crippen molar-refractivity contribution in [1.29, 1.82) is 0 Å². The molecule has 2 unspecified atom stereocenters. The van der Waals surface area contributed by atoms with Crippen molar-refractivity contribution in [2.45, 2.75) is 33.3 Å². The molecule has 4 rings (SSSR count). The second kappa shape index (κ2) is 13.2. The first-order chi connectivity index (χ1) is 21.6. The summed E-state index contributed by atoms with van der Waals surface area (Å²) in [5, 5.41) is 11.9. The van der Waals surface area contributed by atoms with Crippen LogP contribution in [0.3, 0.4) is 0 Å². The molecule has 0 saturated heterocycles. The van der Waals surface area contributed by atoms with Crippen LogP contribution in [-0.2, 0) is 20.1 Å². The SMILES string of the molecule is [2H]/C(C(=C)C([2H])([2H])[2H])=C(\[2H])C(=[N-])c1[c-]ccc2c1sc1nc(C([2H])([2H])[2H])ccc12.[2H]C1C(C([2H])([2H])[2H])=CN=C(C(=C)[C-]=CC=C)C1[2H].[Ir+3]. The number of pyridine rings is 1. The van der Waals surface area contributed by atoms with Gasteiger partial charge in [0.1, 0.15) is 4.83 Å². The largest absolute Gasteiger partial charge is 3.00 e. The molecule has 2 atom stereocenters. The minimum absolute atomic E-state index is 0. The number of rotatable bonds is 6. The van der Waals surface area contributed by atoms with Gasteiger partial charge in [0.05, 0.1) is 1.37 Å². The zero-order valence-electron chi connectivity index (χ0n) is 31.4. The summed E-state index contributed by atoms with van der Waals surface area (Å²) in [6, 6.07) is 7.71. The molecular formula is C30H28IrN3S. The Balaban J connectivity index is 0.000000364. The summed E-state index contributed by atoms with van der Waals surface area (Å²) in [5.41, 5.74) is -0.608. The Morgan fingerprint density at radius 1 is 1.26 bits per heavy atom. The van der Waals surface area contributed by atoms with Crippen molar-refractivity contribution in [3.8, 4) is 0 Å². The molecule has 0 aliphatic carbocycles. The summed E-state index contributed by atoms with van der Waals surface area (Å²) < 4.78 is 98.4. The van der Waals surface area contributed by atoms with Crippen LogP contribution in [0.4, 0.5) is 0 Å². The summed E-state index contributed by atoms with van der Waals surface area (Å²) >= 11 is 1.12. The van der Waals surface area contributed by atoms with Crippen molar-refractivity contribution in [2.24, 2.45) is 4.99 Å². The molecule has 0 radical (unpaired) electrons. The Hall–Kier alpha value is -2.98. The summed E-state index contributed by atoms with van der Waals surface area (Å²) in [6.07, 6.45) is 4.72. The second-order valence-electron chi connectivity index (χ2n) is 6.78. The number of thiophene rings is 1. The van der Waals surface area contributed by atoms with Crippen LogP contribution in [0.25, 0.3) is 25.7 Å². The van der Waals surface area contributed by atoms with Gasteiger partial charge in [0.25, 0.3) is 0 Å². The molecule has 35 heavy (non-hydrogen) atoms. The van der Waals surface area contributed by atoms with Crippen molar-refractivity contribution in [3.63, 3.8) is 0 Å². The molecule has 3 aromatic rings. The molecule has 3 nitrogen and oxygen atoms in total. The van der Waals surface area contributed by atoms with Crippen LogP contribution in [0.5, 0.6) is 0 Å². The number of aryl methyl sites for hydroxylation is 1. The molecule has 0 bridgehead atoms.